The molecule has 2 heterocycles. The van der Waals surface area contributed by atoms with Crippen molar-refractivity contribution in [1.82, 2.24) is 15.1 Å². The number of fused-ring (bicyclic) bond motifs is 1. The van der Waals surface area contributed by atoms with E-state index >= 15 is 0 Å². The summed E-state index contributed by atoms with van der Waals surface area (Å²) in [7, 11) is -3.70. The van der Waals surface area contributed by atoms with Gasteiger partial charge in [0.1, 0.15) is 4.90 Å². The van der Waals surface area contributed by atoms with Gasteiger partial charge in [-0.15, -0.1) is 11.0 Å². The summed E-state index contributed by atoms with van der Waals surface area (Å²) >= 11 is 0. The lowest BCUT2D eigenvalue weighted by Gasteiger charge is -2.34. The minimum atomic E-state index is -3.70. The number of carbonyl (C=O) groups excluding carboxylic acids is 2. The molecule has 0 aliphatic carbocycles. The van der Waals surface area contributed by atoms with Gasteiger partial charge in [0, 0.05) is 49.5 Å². The number of amidine groups is 1. The lowest BCUT2D eigenvalue weighted by molar-refractivity contribution is -0.122. The molecule has 0 unspecified atom stereocenters. The van der Waals surface area contributed by atoms with Gasteiger partial charge < -0.3 is 15.5 Å². The van der Waals surface area contributed by atoms with E-state index in [4.69, 9.17) is 0 Å². The summed E-state index contributed by atoms with van der Waals surface area (Å²) in [5.41, 5.74) is 1.69. The van der Waals surface area contributed by atoms with Gasteiger partial charge in [-0.1, -0.05) is 18.2 Å². The molecule has 0 bridgehead atoms. The van der Waals surface area contributed by atoms with Gasteiger partial charge in [-0.3, -0.25) is 14.5 Å². The quantitative estimate of drug-likeness (QED) is 0.620. The highest BCUT2D eigenvalue weighted by Crippen LogP contribution is 2.26. The average Bonchev–Trinajstić information content (AvgIpc) is 3.08. The molecule has 2 aromatic rings. The number of benzene rings is 2. The molecule has 0 atom stereocenters. The second-order valence-corrected chi connectivity index (χ2v) is 9.35. The highest BCUT2D eigenvalue weighted by atomic mass is 32.2. The molecule has 0 saturated carbocycles. The van der Waals surface area contributed by atoms with Crippen LogP contribution in [-0.2, 0) is 14.8 Å². The van der Waals surface area contributed by atoms with Crippen LogP contribution in [0, 0.1) is 0 Å². The summed E-state index contributed by atoms with van der Waals surface area (Å²) in [5, 5.41) is 5.79. The highest BCUT2D eigenvalue weighted by molar-refractivity contribution is 7.90. The topological polar surface area (TPSA) is 111 Å². The smallest absolute Gasteiger partial charge is 0.285 e. The first kappa shape index (κ1) is 22.7. The molecule has 10 heteroatoms. The Balaban J connectivity index is 1.34. The lowest BCUT2D eigenvalue weighted by Crippen LogP contribution is -2.51. The van der Waals surface area contributed by atoms with Gasteiger partial charge in [-0.05, 0) is 36.4 Å². The molecule has 9 nitrogen and oxygen atoms in total. The maximum atomic E-state index is 12.9. The van der Waals surface area contributed by atoms with E-state index in [0.29, 0.717) is 56.1 Å². The summed E-state index contributed by atoms with van der Waals surface area (Å²) in [5.74, 6) is 0.126. The van der Waals surface area contributed by atoms with E-state index in [2.05, 4.69) is 21.6 Å². The summed E-state index contributed by atoms with van der Waals surface area (Å²) in [4.78, 5) is 28.7. The zero-order valence-electron chi connectivity index (χ0n) is 18.0. The number of amides is 2. The van der Waals surface area contributed by atoms with Crippen LogP contribution in [0.5, 0.6) is 0 Å². The maximum absolute atomic E-state index is 12.9. The van der Waals surface area contributed by atoms with Crippen molar-refractivity contribution in [2.24, 2.45) is 4.40 Å². The monoisotopic (exact) mass is 467 g/mol. The number of piperazine rings is 1. The van der Waals surface area contributed by atoms with Gasteiger partial charge in [0.05, 0.1) is 6.54 Å². The Kier molecular flexibility index (Phi) is 6.57. The second-order valence-electron chi connectivity index (χ2n) is 7.77. The van der Waals surface area contributed by atoms with Gasteiger partial charge in [-0.2, -0.15) is 8.42 Å². The number of hydrogen-bond donors (Lipinski definition) is 2. The number of nitrogens with one attached hydrogen (secondary N) is 2. The lowest BCUT2D eigenvalue weighted by atomic mass is 10.1. The predicted octanol–water partition coefficient (Wildman–Crippen LogP) is 1.31. The normalized spacial score (nSPS) is 17.1. The van der Waals surface area contributed by atoms with Crippen molar-refractivity contribution in [3.05, 3.63) is 72.3 Å². The molecule has 33 heavy (non-hydrogen) atoms. The van der Waals surface area contributed by atoms with Crippen LogP contribution in [0.15, 0.2) is 70.5 Å². The van der Waals surface area contributed by atoms with Crippen LogP contribution in [0.1, 0.15) is 15.9 Å². The van der Waals surface area contributed by atoms with Crippen LogP contribution < -0.4 is 10.6 Å². The van der Waals surface area contributed by atoms with Crippen molar-refractivity contribution in [1.29, 1.82) is 0 Å². The number of hydrogen-bond acceptors (Lipinski definition) is 6. The largest absolute Gasteiger partial charge is 0.352 e. The molecule has 1 fully saturated rings. The zero-order valence-corrected chi connectivity index (χ0v) is 18.8. The SMILES string of the molecule is C=CCNC(=O)CN1CCN(C(=O)c2ccc(NC3=NS(=O)(=O)c4ccccc43)cc2)CC1. The molecule has 2 N–H and O–H groups in total. The molecule has 4 rings (SSSR count). The second kappa shape index (κ2) is 9.55. The summed E-state index contributed by atoms with van der Waals surface area (Å²) in [6.45, 7) is 6.66. The molecule has 0 spiro atoms. The van der Waals surface area contributed by atoms with Gasteiger partial charge in [0.15, 0.2) is 5.84 Å². The molecular weight excluding hydrogens is 442 g/mol. The zero-order chi connectivity index (χ0) is 23.4. The molecule has 172 valence electrons. The summed E-state index contributed by atoms with van der Waals surface area (Å²) in [6, 6.07) is 13.5. The van der Waals surface area contributed by atoms with E-state index in [-0.39, 0.29) is 22.5 Å². The van der Waals surface area contributed by atoms with Crippen molar-refractivity contribution in [3.8, 4) is 0 Å². The molecule has 2 aromatic carbocycles. The minimum absolute atomic E-state index is 0.0555. The van der Waals surface area contributed by atoms with E-state index in [9.17, 15) is 18.0 Å². The Morgan fingerprint density at radius 1 is 1.03 bits per heavy atom. The number of nitrogens with zero attached hydrogens (tertiary/aromatic N) is 3. The van der Waals surface area contributed by atoms with Crippen LogP contribution in [-0.4, -0.2) is 75.1 Å². The minimum Gasteiger partial charge on any atom is -0.352 e. The van der Waals surface area contributed by atoms with E-state index < -0.39 is 10.0 Å². The number of rotatable bonds is 6. The van der Waals surface area contributed by atoms with Gasteiger partial charge in [-0.25, -0.2) is 0 Å². The van der Waals surface area contributed by atoms with E-state index in [0.717, 1.165) is 0 Å². The average molecular weight is 468 g/mol. The summed E-state index contributed by atoms with van der Waals surface area (Å²) in [6.07, 6.45) is 1.64. The number of anilines is 1. The first-order valence-electron chi connectivity index (χ1n) is 10.6. The first-order chi connectivity index (χ1) is 15.9. The van der Waals surface area contributed by atoms with Crippen molar-refractivity contribution in [2.75, 3.05) is 44.6 Å². The molecule has 0 radical (unpaired) electrons. The maximum Gasteiger partial charge on any atom is 0.285 e. The van der Waals surface area contributed by atoms with E-state index in [1.54, 1.807) is 53.4 Å². The van der Waals surface area contributed by atoms with Crippen LogP contribution in [0.2, 0.25) is 0 Å². The summed E-state index contributed by atoms with van der Waals surface area (Å²) < 4.78 is 28.2. The van der Waals surface area contributed by atoms with Crippen LogP contribution in [0.4, 0.5) is 5.69 Å². The first-order valence-corrected chi connectivity index (χ1v) is 12.0. The molecule has 2 amide bonds. The Hall–Kier alpha value is -3.50. The Morgan fingerprint density at radius 2 is 1.73 bits per heavy atom. The number of carbonyl (C=O) groups is 2. The molecule has 2 aliphatic heterocycles. The standard InChI is InChI=1S/C23H25N5O4S/c1-2-11-24-21(29)16-27-12-14-28(15-13-27)23(30)17-7-9-18(10-8-17)25-22-19-5-3-4-6-20(19)33(31,32)26-22/h2-10H,1,11-16H2,(H,24,29)(H,25,26). The third kappa shape index (κ3) is 5.12. The molecule has 1 saturated heterocycles. The molecular formula is C23H25N5O4S. The Labute approximate surface area is 192 Å². The Bertz CT molecular complexity index is 1200. The predicted molar refractivity (Wildman–Crippen MR) is 126 cm³/mol. The van der Waals surface area contributed by atoms with Crippen LogP contribution in [0.3, 0.4) is 0 Å². The number of sulfonamides is 1. The van der Waals surface area contributed by atoms with Crippen LogP contribution >= 0.6 is 0 Å². The molecule has 0 aromatic heterocycles. The van der Waals surface area contributed by atoms with Crippen molar-refractivity contribution >= 4 is 33.4 Å². The Morgan fingerprint density at radius 3 is 2.42 bits per heavy atom. The fourth-order valence-electron chi connectivity index (χ4n) is 3.77. The van der Waals surface area contributed by atoms with E-state index in [1.807, 2.05) is 4.90 Å². The van der Waals surface area contributed by atoms with Crippen molar-refractivity contribution in [2.45, 2.75) is 4.90 Å². The third-order valence-corrected chi connectivity index (χ3v) is 6.83. The van der Waals surface area contributed by atoms with Gasteiger partial charge >= 0.3 is 0 Å². The van der Waals surface area contributed by atoms with Gasteiger partial charge in [0.25, 0.3) is 15.9 Å². The highest BCUT2D eigenvalue weighted by Gasteiger charge is 2.28. The van der Waals surface area contributed by atoms with Gasteiger partial charge in [0.2, 0.25) is 5.91 Å². The van der Waals surface area contributed by atoms with Crippen molar-refractivity contribution in [3.63, 3.8) is 0 Å². The van der Waals surface area contributed by atoms with Crippen molar-refractivity contribution < 1.29 is 18.0 Å². The fraction of sp³-hybridized carbons (Fsp3) is 0.261. The van der Waals surface area contributed by atoms with Crippen LogP contribution in [0.25, 0.3) is 0 Å². The third-order valence-electron chi connectivity index (χ3n) is 5.50. The molecule has 2 aliphatic rings. The fourth-order valence-corrected chi connectivity index (χ4v) is 4.94. The van der Waals surface area contributed by atoms with E-state index in [1.165, 1.54) is 6.07 Å².